The molecule has 0 saturated carbocycles. The Balaban J connectivity index is 2.30. The van der Waals surface area contributed by atoms with E-state index in [9.17, 15) is 15.4 Å². The molecule has 3 rings (SSSR count). The van der Waals surface area contributed by atoms with Gasteiger partial charge in [-0.2, -0.15) is 9.99 Å². The molecule has 0 radical (unpaired) electrons. The van der Waals surface area contributed by atoms with Crippen molar-refractivity contribution in [3.8, 4) is 23.1 Å². The average Bonchev–Trinajstić information content (AvgIpc) is 2.94. The maximum atomic E-state index is 10.8. The molecule has 0 unspecified atom stereocenters. The molecular weight excluding hydrogens is 310 g/mol. The predicted molar refractivity (Wildman–Crippen MR) is 87.8 cm³/mol. The van der Waals surface area contributed by atoms with Crippen LogP contribution in [0.25, 0.3) is 22.2 Å². The minimum absolute atomic E-state index is 0.0148. The molecular formula is C17H13N3O4. The summed E-state index contributed by atoms with van der Waals surface area (Å²) in [5, 5.41) is 21.1. The predicted octanol–water partition coefficient (Wildman–Crippen LogP) is 3.16. The third-order valence-corrected chi connectivity index (χ3v) is 3.78. The van der Waals surface area contributed by atoms with Gasteiger partial charge in [0.25, 0.3) is 5.69 Å². The summed E-state index contributed by atoms with van der Waals surface area (Å²) >= 11 is 0. The fourth-order valence-electron chi connectivity index (χ4n) is 2.67. The zero-order chi connectivity index (χ0) is 17.3. The van der Waals surface area contributed by atoms with E-state index >= 15 is 0 Å². The molecule has 0 spiro atoms. The standard InChI is InChI=1S/C17H13N3O4/c1-23-13-7-8-14-15(10-18)17(19(24-2)16(14)9-13)11-3-5-12(6-4-11)20(21)22/h3-9H,1-2H3. The number of non-ortho nitro benzene ring substituents is 1. The molecule has 1 aromatic heterocycles. The smallest absolute Gasteiger partial charge is 0.269 e. The fraction of sp³-hybridized carbons (Fsp3) is 0.118. The molecule has 0 amide bonds. The van der Waals surface area contributed by atoms with Gasteiger partial charge in [0, 0.05) is 29.1 Å². The first-order chi connectivity index (χ1) is 11.6. The van der Waals surface area contributed by atoms with E-state index in [1.165, 1.54) is 24.0 Å². The van der Waals surface area contributed by atoms with Crippen molar-refractivity contribution >= 4 is 16.6 Å². The number of benzene rings is 2. The van der Waals surface area contributed by atoms with E-state index in [0.717, 1.165) is 0 Å². The Hall–Kier alpha value is -3.53. The summed E-state index contributed by atoms with van der Waals surface area (Å²) in [5.41, 5.74) is 2.29. The molecule has 0 bridgehead atoms. The number of aromatic nitrogens is 1. The number of fused-ring (bicyclic) bond motifs is 1. The van der Waals surface area contributed by atoms with Crippen LogP contribution >= 0.6 is 0 Å². The molecule has 7 heteroatoms. The van der Waals surface area contributed by atoms with Crippen molar-refractivity contribution in [2.75, 3.05) is 14.2 Å². The lowest BCUT2D eigenvalue weighted by molar-refractivity contribution is -0.384. The SMILES string of the molecule is COc1ccc2c(C#N)c(-c3ccc([N+](=O)[O-])cc3)n(OC)c2c1. The van der Waals surface area contributed by atoms with E-state index in [1.54, 1.807) is 37.4 Å². The topological polar surface area (TPSA) is 90.3 Å². The van der Waals surface area contributed by atoms with E-state index in [2.05, 4.69) is 6.07 Å². The summed E-state index contributed by atoms with van der Waals surface area (Å²) in [6, 6.07) is 13.5. The number of nitriles is 1. The molecule has 120 valence electrons. The summed E-state index contributed by atoms with van der Waals surface area (Å²) in [4.78, 5) is 15.8. The molecule has 0 aliphatic carbocycles. The monoisotopic (exact) mass is 323 g/mol. The van der Waals surface area contributed by atoms with Crippen LogP contribution < -0.4 is 9.57 Å². The van der Waals surface area contributed by atoms with Crippen LogP contribution in [0.2, 0.25) is 0 Å². The minimum atomic E-state index is -0.467. The number of nitrogens with zero attached hydrogens (tertiary/aromatic N) is 3. The van der Waals surface area contributed by atoms with E-state index in [0.29, 0.717) is 33.5 Å². The van der Waals surface area contributed by atoms with Crippen molar-refractivity contribution in [1.82, 2.24) is 4.73 Å². The molecule has 3 aromatic rings. The second-order valence-corrected chi connectivity index (χ2v) is 5.00. The number of ether oxygens (including phenoxy) is 1. The molecule has 0 aliphatic heterocycles. The van der Waals surface area contributed by atoms with Gasteiger partial charge in [-0.05, 0) is 24.3 Å². The van der Waals surface area contributed by atoms with E-state index in [1.807, 2.05) is 0 Å². The maximum absolute atomic E-state index is 10.8. The summed E-state index contributed by atoms with van der Waals surface area (Å²) in [7, 11) is 3.05. The molecule has 7 nitrogen and oxygen atoms in total. The quantitative estimate of drug-likeness (QED) is 0.543. The lowest BCUT2D eigenvalue weighted by Crippen LogP contribution is -2.07. The van der Waals surface area contributed by atoms with Crippen molar-refractivity contribution in [3.05, 3.63) is 58.1 Å². The third kappa shape index (κ3) is 2.30. The molecule has 2 aromatic carbocycles. The van der Waals surface area contributed by atoms with Crippen molar-refractivity contribution < 1.29 is 14.5 Å². The number of nitro groups is 1. The number of nitro benzene ring substituents is 1. The number of methoxy groups -OCH3 is 1. The normalized spacial score (nSPS) is 10.4. The highest BCUT2D eigenvalue weighted by molar-refractivity contribution is 5.95. The lowest BCUT2D eigenvalue weighted by atomic mass is 10.1. The van der Waals surface area contributed by atoms with E-state index < -0.39 is 4.92 Å². The van der Waals surface area contributed by atoms with Gasteiger partial charge >= 0.3 is 0 Å². The van der Waals surface area contributed by atoms with Crippen LogP contribution in [0.5, 0.6) is 5.75 Å². The number of hydrogen-bond donors (Lipinski definition) is 0. The molecule has 0 fully saturated rings. The zero-order valence-electron chi connectivity index (χ0n) is 13.0. The van der Waals surface area contributed by atoms with Crippen LogP contribution in [-0.4, -0.2) is 23.9 Å². The summed E-state index contributed by atoms with van der Waals surface area (Å²) in [6.07, 6.45) is 0. The molecule has 1 heterocycles. The Morgan fingerprint density at radius 1 is 1.17 bits per heavy atom. The van der Waals surface area contributed by atoms with Crippen molar-refractivity contribution in [3.63, 3.8) is 0 Å². The first-order valence-corrected chi connectivity index (χ1v) is 7.02. The van der Waals surface area contributed by atoms with Crippen LogP contribution in [0.4, 0.5) is 5.69 Å². The van der Waals surface area contributed by atoms with Gasteiger partial charge in [0.15, 0.2) is 0 Å². The van der Waals surface area contributed by atoms with Gasteiger partial charge in [-0.3, -0.25) is 10.1 Å². The Bertz CT molecular complexity index is 968. The summed E-state index contributed by atoms with van der Waals surface area (Å²) in [5.74, 6) is 0.637. The second-order valence-electron chi connectivity index (χ2n) is 5.00. The van der Waals surface area contributed by atoms with E-state index in [4.69, 9.17) is 9.57 Å². The van der Waals surface area contributed by atoms with Gasteiger partial charge in [-0.15, -0.1) is 0 Å². The van der Waals surface area contributed by atoms with Crippen LogP contribution in [0.1, 0.15) is 5.56 Å². The lowest BCUT2D eigenvalue weighted by Gasteiger charge is -2.09. The largest absolute Gasteiger partial charge is 0.497 e. The molecule has 0 saturated heterocycles. The highest BCUT2D eigenvalue weighted by Crippen LogP contribution is 2.35. The van der Waals surface area contributed by atoms with Crippen LogP contribution in [-0.2, 0) is 0 Å². The third-order valence-electron chi connectivity index (χ3n) is 3.78. The molecule has 0 aliphatic rings. The van der Waals surface area contributed by atoms with Gasteiger partial charge in [0.2, 0.25) is 0 Å². The van der Waals surface area contributed by atoms with Crippen molar-refractivity contribution in [2.24, 2.45) is 0 Å². The fourth-order valence-corrected chi connectivity index (χ4v) is 2.67. The Labute approximate surface area is 137 Å². The highest BCUT2D eigenvalue weighted by atomic mass is 16.6. The zero-order valence-corrected chi connectivity index (χ0v) is 13.0. The van der Waals surface area contributed by atoms with Crippen LogP contribution in [0, 0.1) is 21.4 Å². The van der Waals surface area contributed by atoms with Gasteiger partial charge in [-0.25, -0.2) is 0 Å². The molecule has 24 heavy (non-hydrogen) atoms. The van der Waals surface area contributed by atoms with Crippen molar-refractivity contribution in [2.45, 2.75) is 0 Å². The first kappa shape index (κ1) is 15.4. The van der Waals surface area contributed by atoms with Crippen LogP contribution in [0.3, 0.4) is 0 Å². The highest BCUT2D eigenvalue weighted by Gasteiger charge is 2.20. The summed E-state index contributed by atoms with van der Waals surface area (Å²) < 4.78 is 6.75. The average molecular weight is 323 g/mol. The Morgan fingerprint density at radius 2 is 1.88 bits per heavy atom. The van der Waals surface area contributed by atoms with Gasteiger partial charge in [0.1, 0.15) is 24.6 Å². The first-order valence-electron chi connectivity index (χ1n) is 7.02. The van der Waals surface area contributed by atoms with Gasteiger partial charge < -0.3 is 9.57 Å². The van der Waals surface area contributed by atoms with Gasteiger partial charge in [0.05, 0.1) is 23.1 Å². The Kier molecular flexibility index (Phi) is 3.80. The minimum Gasteiger partial charge on any atom is -0.497 e. The second kappa shape index (κ2) is 5.93. The Morgan fingerprint density at radius 3 is 2.42 bits per heavy atom. The maximum Gasteiger partial charge on any atom is 0.269 e. The number of hydrogen-bond acceptors (Lipinski definition) is 5. The van der Waals surface area contributed by atoms with Crippen LogP contribution in [0.15, 0.2) is 42.5 Å². The summed E-state index contributed by atoms with van der Waals surface area (Å²) in [6.45, 7) is 0. The van der Waals surface area contributed by atoms with E-state index in [-0.39, 0.29) is 5.69 Å². The molecule has 0 atom stereocenters. The number of rotatable bonds is 4. The molecule has 0 N–H and O–H groups in total. The van der Waals surface area contributed by atoms with Crippen molar-refractivity contribution in [1.29, 1.82) is 5.26 Å². The van der Waals surface area contributed by atoms with Gasteiger partial charge in [-0.1, -0.05) is 0 Å².